The van der Waals surface area contributed by atoms with Crippen LogP contribution in [0.3, 0.4) is 0 Å². The molecule has 0 aliphatic carbocycles. The summed E-state index contributed by atoms with van der Waals surface area (Å²) in [6.45, 7) is 1.80. The topological polar surface area (TPSA) is 0 Å². The van der Waals surface area contributed by atoms with Crippen molar-refractivity contribution >= 4 is 42.6 Å². The van der Waals surface area contributed by atoms with Crippen LogP contribution in [0.2, 0.25) is 0 Å². The lowest BCUT2D eigenvalue weighted by atomic mass is 12.0. The quantitative estimate of drug-likeness (QED) is 0.533. The van der Waals surface area contributed by atoms with Gasteiger partial charge in [0.15, 0.2) is 0 Å². The Bertz CT molecular complexity index is 57.8. The Balaban J connectivity index is 3.47. The first kappa shape index (κ1) is 6.42. The molecule has 0 nitrogen and oxygen atoms in total. The number of rotatable bonds is 0. The Kier molecular flexibility index (Phi) is 2.47. The third-order valence-electron chi connectivity index (χ3n) is 0. The van der Waals surface area contributed by atoms with E-state index in [4.69, 9.17) is 11.2 Å². The molecule has 32 valence electrons. The second-order valence-electron chi connectivity index (χ2n) is 0.723. The van der Waals surface area contributed by atoms with Crippen molar-refractivity contribution < 1.29 is 0 Å². The molecule has 0 bridgehead atoms. The Labute approximate surface area is 49.4 Å². The molecule has 0 rings (SSSR count). The zero-order chi connectivity index (χ0) is 4.50. The molecule has 0 aromatic carbocycles. The molecule has 0 aromatic heterocycles. The maximum Gasteiger partial charge on any atom is 0.0954 e. The second-order valence-corrected chi connectivity index (χ2v) is 13.9. The molecule has 4 heteroatoms. The minimum absolute atomic E-state index is 1.52. The maximum atomic E-state index is 5.37. The van der Waals surface area contributed by atoms with Crippen LogP contribution in [0.15, 0.2) is 0 Å². The number of hydrogen-bond acceptors (Lipinski definition) is 1. The largest absolute Gasteiger partial charge is 0.0954 e. The molecule has 0 aliphatic rings. The lowest BCUT2D eigenvalue weighted by molar-refractivity contribution is 2.49. The van der Waals surface area contributed by atoms with Crippen LogP contribution in [0.25, 0.3) is 0 Å². The summed E-state index contributed by atoms with van der Waals surface area (Å²) >= 11 is 13.1. The van der Waals surface area contributed by atoms with Crippen molar-refractivity contribution in [3.8, 4) is 0 Å². The van der Waals surface area contributed by atoms with Crippen molar-refractivity contribution in [2.45, 2.75) is 0 Å². The Morgan fingerprint density at radius 2 is 2.00 bits per heavy atom. The molecular formula is CH3BrClPS. The fourth-order valence-electron chi connectivity index (χ4n) is 0. The first-order valence-electron chi connectivity index (χ1n) is 0.968. The highest BCUT2D eigenvalue weighted by Gasteiger charge is 1.90. The summed E-state index contributed by atoms with van der Waals surface area (Å²) in [5, 5.41) is 0. The van der Waals surface area contributed by atoms with E-state index in [0.29, 0.717) is 0 Å². The lowest BCUT2D eigenvalue weighted by Gasteiger charge is -1.84. The zero-order valence-electron chi connectivity index (χ0n) is 2.61. The van der Waals surface area contributed by atoms with Crippen LogP contribution < -0.4 is 0 Å². The fraction of sp³-hybridized carbons (Fsp3) is 1.00. The van der Waals surface area contributed by atoms with Crippen LogP contribution in [0.1, 0.15) is 0 Å². The molecule has 1 atom stereocenters. The Morgan fingerprint density at radius 3 is 2.00 bits per heavy atom. The summed E-state index contributed by atoms with van der Waals surface area (Å²) in [6.07, 6.45) is 0. The van der Waals surface area contributed by atoms with Gasteiger partial charge in [-0.1, -0.05) is 23.0 Å². The monoisotopic (exact) mass is 192 g/mol. The van der Waals surface area contributed by atoms with E-state index in [1.165, 1.54) is 0 Å². The average Bonchev–Trinajstić information content (AvgIpc) is 0.722. The number of hydrogen-bond donors (Lipinski definition) is 0. The molecule has 0 amide bonds. The van der Waals surface area contributed by atoms with Gasteiger partial charge >= 0.3 is 0 Å². The molecule has 0 radical (unpaired) electrons. The SMILES string of the molecule is CP(=S)(Cl)Br. The van der Waals surface area contributed by atoms with Crippen LogP contribution >= 0.6 is 30.8 Å². The summed E-state index contributed by atoms with van der Waals surface area (Å²) in [5.74, 6) is 0. The van der Waals surface area contributed by atoms with Crippen molar-refractivity contribution in [3.05, 3.63) is 0 Å². The van der Waals surface area contributed by atoms with Gasteiger partial charge in [-0.25, -0.2) is 0 Å². The molecule has 0 aliphatic heterocycles. The van der Waals surface area contributed by atoms with Crippen LogP contribution in [-0.4, -0.2) is 6.66 Å². The van der Waals surface area contributed by atoms with Crippen LogP contribution in [0.4, 0.5) is 0 Å². The van der Waals surface area contributed by atoms with E-state index in [0.717, 1.165) is 0 Å². The van der Waals surface area contributed by atoms with E-state index in [2.05, 4.69) is 27.3 Å². The van der Waals surface area contributed by atoms with E-state index < -0.39 is 4.09 Å². The van der Waals surface area contributed by atoms with Crippen molar-refractivity contribution in [2.75, 3.05) is 6.66 Å². The molecular weight excluding hydrogens is 190 g/mol. The van der Waals surface area contributed by atoms with E-state index in [-0.39, 0.29) is 0 Å². The minimum Gasteiger partial charge on any atom is -0.0737 e. The molecule has 0 heterocycles. The first-order chi connectivity index (χ1) is 2.00. The maximum absolute atomic E-state index is 5.37. The summed E-state index contributed by atoms with van der Waals surface area (Å²) in [6, 6.07) is 0. The third kappa shape index (κ3) is 31.4. The highest BCUT2D eigenvalue weighted by Crippen LogP contribution is 2.55. The molecule has 0 spiro atoms. The third-order valence-corrected chi connectivity index (χ3v) is 0. The second kappa shape index (κ2) is 1.92. The molecule has 0 aromatic rings. The summed E-state index contributed by atoms with van der Waals surface area (Å²) in [4.78, 5) is 0. The van der Waals surface area contributed by atoms with Gasteiger partial charge in [-0.3, -0.25) is 0 Å². The van der Waals surface area contributed by atoms with Gasteiger partial charge < -0.3 is 0 Å². The predicted molar refractivity (Wildman–Crippen MR) is 35.0 cm³/mol. The molecule has 0 fully saturated rings. The highest BCUT2D eigenvalue weighted by atomic mass is 79.9. The van der Waals surface area contributed by atoms with Crippen LogP contribution in [0.5, 0.6) is 0 Å². The van der Waals surface area contributed by atoms with Gasteiger partial charge in [0.2, 0.25) is 0 Å². The van der Waals surface area contributed by atoms with Crippen molar-refractivity contribution in [2.24, 2.45) is 0 Å². The van der Waals surface area contributed by atoms with Gasteiger partial charge in [0, 0.05) is 0 Å². The van der Waals surface area contributed by atoms with Gasteiger partial charge in [-0.15, -0.1) is 0 Å². The van der Waals surface area contributed by atoms with E-state index in [1.807, 2.05) is 0 Å². The molecule has 5 heavy (non-hydrogen) atoms. The number of halogens is 2. The summed E-state index contributed by atoms with van der Waals surface area (Å²) < 4.78 is -1.52. The molecule has 0 saturated heterocycles. The lowest BCUT2D eigenvalue weighted by Crippen LogP contribution is -1.34. The van der Waals surface area contributed by atoms with Crippen molar-refractivity contribution in [1.29, 1.82) is 0 Å². The summed E-state index contributed by atoms with van der Waals surface area (Å²) in [7, 11) is 0. The molecule has 0 N–H and O–H groups in total. The van der Waals surface area contributed by atoms with Gasteiger partial charge in [0.25, 0.3) is 0 Å². The molecule has 1 unspecified atom stereocenters. The van der Waals surface area contributed by atoms with Crippen molar-refractivity contribution in [1.82, 2.24) is 0 Å². The van der Waals surface area contributed by atoms with Gasteiger partial charge in [-0.05, 0) is 22.2 Å². The molecule has 0 saturated carbocycles. The predicted octanol–water partition coefficient (Wildman–Crippen LogP) is 2.56. The standard InChI is InChI=1S/CH3BrClPS/c1-4(2,3)5/h1H3. The van der Waals surface area contributed by atoms with Gasteiger partial charge in [0.05, 0.1) is 4.09 Å². The van der Waals surface area contributed by atoms with E-state index in [1.54, 1.807) is 6.66 Å². The fourth-order valence-corrected chi connectivity index (χ4v) is 0. The Morgan fingerprint density at radius 1 is 2.00 bits per heavy atom. The van der Waals surface area contributed by atoms with Crippen LogP contribution in [-0.2, 0) is 11.8 Å². The normalized spacial score (nSPS) is 21.4. The summed E-state index contributed by atoms with van der Waals surface area (Å²) in [5.41, 5.74) is 0. The smallest absolute Gasteiger partial charge is 0.0737 e. The van der Waals surface area contributed by atoms with Crippen molar-refractivity contribution in [3.63, 3.8) is 0 Å². The zero-order valence-corrected chi connectivity index (χ0v) is 6.66. The van der Waals surface area contributed by atoms with E-state index >= 15 is 0 Å². The van der Waals surface area contributed by atoms with Crippen LogP contribution in [0, 0.1) is 0 Å². The average molecular weight is 193 g/mol. The highest BCUT2D eigenvalue weighted by molar-refractivity contribution is 9.46. The van der Waals surface area contributed by atoms with Gasteiger partial charge in [-0.2, -0.15) is 0 Å². The van der Waals surface area contributed by atoms with E-state index in [9.17, 15) is 0 Å². The first-order valence-corrected chi connectivity index (χ1v) is 7.14. The van der Waals surface area contributed by atoms with Gasteiger partial charge in [0.1, 0.15) is 0 Å². The minimum atomic E-state index is -1.52. The Hall–Kier alpha value is 1.42.